The zero-order valence-electron chi connectivity index (χ0n) is 14.3. The molecule has 0 unspecified atom stereocenters. The lowest BCUT2D eigenvalue weighted by atomic mass is 10.1. The number of pyridine rings is 1. The minimum Gasteiger partial charge on any atom is -0.475 e. The smallest absolute Gasteiger partial charge is 0.417 e. The van der Waals surface area contributed by atoms with Crippen LogP contribution in [0.25, 0.3) is 0 Å². The number of halogens is 3. The van der Waals surface area contributed by atoms with Crippen molar-refractivity contribution in [2.24, 2.45) is 7.05 Å². The van der Waals surface area contributed by atoms with E-state index in [1.165, 1.54) is 19.2 Å². The van der Waals surface area contributed by atoms with Crippen molar-refractivity contribution in [2.75, 3.05) is 6.61 Å². The summed E-state index contributed by atoms with van der Waals surface area (Å²) in [5.41, 5.74) is -2.04. The van der Waals surface area contributed by atoms with Gasteiger partial charge in [-0.2, -0.15) is 18.3 Å². The molecule has 0 saturated carbocycles. The van der Waals surface area contributed by atoms with Gasteiger partial charge in [0.15, 0.2) is 0 Å². The summed E-state index contributed by atoms with van der Waals surface area (Å²) in [5, 5.41) is 6.52. The number of amides is 1. The molecule has 0 bridgehead atoms. The van der Waals surface area contributed by atoms with Gasteiger partial charge >= 0.3 is 6.18 Å². The van der Waals surface area contributed by atoms with Crippen molar-refractivity contribution in [3.63, 3.8) is 0 Å². The Morgan fingerprint density at radius 2 is 1.92 bits per heavy atom. The number of nitrogens with zero attached hydrogens (tertiary/aromatic N) is 3. The number of aryl methyl sites for hydroxylation is 1. The first kappa shape index (κ1) is 19.4. The zero-order valence-corrected chi connectivity index (χ0v) is 14.3. The van der Waals surface area contributed by atoms with E-state index in [0.717, 1.165) is 16.8 Å². The molecule has 2 aromatic heterocycles. The second-order valence-electron chi connectivity index (χ2n) is 6.19. The number of carbonyl (C=O) groups is 1. The van der Waals surface area contributed by atoms with Crippen LogP contribution < -0.4 is 15.6 Å². The Morgan fingerprint density at radius 3 is 2.46 bits per heavy atom. The summed E-state index contributed by atoms with van der Waals surface area (Å²) in [6.07, 6.45) is -3.79. The molecule has 0 aliphatic rings. The maximum absolute atomic E-state index is 12.5. The van der Waals surface area contributed by atoms with Crippen LogP contribution in [0.5, 0.6) is 5.88 Å². The SMILES string of the molecule is Cn1nc(C(=O)NC(C)(C)COc2ccc(C(F)(F)F)cn2)ccc1=O. The predicted molar refractivity (Wildman–Crippen MR) is 85.8 cm³/mol. The number of alkyl halides is 3. The Hall–Kier alpha value is -2.91. The summed E-state index contributed by atoms with van der Waals surface area (Å²) in [6, 6.07) is 4.49. The molecule has 1 N–H and O–H groups in total. The van der Waals surface area contributed by atoms with Gasteiger partial charge in [-0.25, -0.2) is 9.67 Å². The van der Waals surface area contributed by atoms with Gasteiger partial charge in [-0.05, 0) is 26.0 Å². The molecule has 2 aromatic rings. The van der Waals surface area contributed by atoms with Gasteiger partial charge in [-0.3, -0.25) is 9.59 Å². The monoisotopic (exact) mass is 370 g/mol. The van der Waals surface area contributed by atoms with Crippen molar-refractivity contribution in [3.8, 4) is 5.88 Å². The molecule has 7 nitrogen and oxygen atoms in total. The molecule has 0 aliphatic carbocycles. The number of rotatable bonds is 5. The first-order chi connectivity index (χ1) is 12.0. The molecule has 0 aliphatic heterocycles. The Morgan fingerprint density at radius 1 is 1.23 bits per heavy atom. The normalized spacial score (nSPS) is 11.9. The van der Waals surface area contributed by atoms with Gasteiger partial charge in [-0.1, -0.05) is 0 Å². The highest BCUT2D eigenvalue weighted by atomic mass is 19.4. The molecule has 0 saturated heterocycles. The van der Waals surface area contributed by atoms with E-state index < -0.39 is 23.2 Å². The third-order valence-corrected chi connectivity index (χ3v) is 3.29. The maximum atomic E-state index is 12.5. The van der Waals surface area contributed by atoms with Crippen LogP contribution in [-0.4, -0.2) is 32.8 Å². The molecule has 0 radical (unpaired) electrons. The van der Waals surface area contributed by atoms with E-state index >= 15 is 0 Å². The summed E-state index contributed by atoms with van der Waals surface area (Å²) in [7, 11) is 1.42. The highest BCUT2D eigenvalue weighted by Gasteiger charge is 2.31. The van der Waals surface area contributed by atoms with E-state index in [4.69, 9.17) is 4.74 Å². The van der Waals surface area contributed by atoms with Crippen LogP contribution in [0.1, 0.15) is 29.9 Å². The van der Waals surface area contributed by atoms with Crippen LogP contribution in [0.2, 0.25) is 0 Å². The first-order valence-corrected chi connectivity index (χ1v) is 7.51. The lowest BCUT2D eigenvalue weighted by Gasteiger charge is -2.25. The molecular formula is C16H17F3N4O3. The fraction of sp³-hybridized carbons (Fsp3) is 0.375. The number of carbonyl (C=O) groups excluding carboxylic acids is 1. The lowest BCUT2D eigenvalue weighted by Crippen LogP contribution is -2.48. The van der Waals surface area contributed by atoms with E-state index in [1.807, 2.05) is 0 Å². The van der Waals surface area contributed by atoms with Crippen molar-refractivity contribution in [1.82, 2.24) is 20.1 Å². The molecule has 1 amide bonds. The van der Waals surface area contributed by atoms with Crippen LogP contribution in [-0.2, 0) is 13.2 Å². The van der Waals surface area contributed by atoms with E-state index in [-0.39, 0.29) is 23.7 Å². The van der Waals surface area contributed by atoms with Gasteiger partial charge < -0.3 is 10.1 Å². The lowest BCUT2D eigenvalue weighted by molar-refractivity contribution is -0.137. The largest absolute Gasteiger partial charge is 0.475 e. The third kappa shape index (κ3) is 5.04. The average molecular weight is 370 g/mol. The van der Waals surface area contributed by atoms with Crippen molar-refractivity contribution >= 4 is 5.91 Å². The molecule has 10 heteroatoms. The molecule has 2 rings (SSSR count). The Balaban J connectivity index is 1.98. The van der Waals surface area contributed by atoms with Crippen LogP contribution in [0.4, 0.5) is 13.2 Å². The number of hydrogen-bond donors (Lipinski definition) is 1. The zero-order chi connectivity index (χ0) is 19.5. The number of hydrogen-bond acceptors (Lipinski definition) is 5. The molecule has 0 atom stereocenters. The Bertz CT molecular complexity index is 845. The second kappa shape index (κ2) is 7.14. The molecule has 140 valence electrons. The number of ether oxygens (including phenoxy) is 1. The number of aromatic nitrogens is 3. The van der Waals surface area contributed by atoms with Gasteiger partial charge in [0, 0.05) is 25.4 Å². The highest BCUT2D eigenvalue weighted by molar-refractivity contribution is 5.92. The van der Waals surface area contributed by atoms with Crippen LogP contribution >= 0.6 is 0 Å². The van der Waals surface area contributed by atoms with E-state index in [2.05, 4.69) is 15.4 Å². The quantitative estimate of drug-likeness (QED) is 0.867. The molecule has 0 aromatic carbocycles. The number of nitrogens with one attached hydrogen (secondary N) is 1. The van der Waals surface area contributed by atoms with Gasteiger partial charge in [0.05, 0.1) is 11.1 Å². The standard InChI is InChI=1S/C16H17F3N4O3/c1-15(2,21-14(25)11-5-7-13(24)23(3)22-11)9-26-12-6-4-10(8-20-12)16(17,18)19/h4-8H,9H2,1-3H3,(H,21,25). The van der Waals surface area contributed by atoms with Gasteiger partial charge in [0.1, 0.15) is 12.3 Å². The maximum Gasteiger partial charge on any atom is 0.417 e. The van der Waals surface area contributed by atoms with E-state index in [1.54, 1.807) is 13.8 Å². The third-order valence-electron chi connectivity index (χ3n) is 3.29. The molecular weight excluding hydrogens is 353 g/mol. The van der Waals surface area contributed by atoms with Crippen molar-refractivity contribution in [1.29, 1.82) is 0 Å². The van der Waals surface area contributed by atoms with Gasteiger partial charge in [0.2, 0.25) is 5.88 Å². The first-order valence-electron chi connectivity index (χ1n) is 7.51. The summed E-state index contributed by atoms with van der Waals surface area (Å²) >= 11 is 0. The summed E-state index contributed by atoms with van der Waals surface area (Å²) in [5.74, 6) is -0.518. The molecule has 0 spiro atoms. The molecule has 26 heavy (non-hydrogen) atoms. The predicted octanol–water partition coefficient (Wildman–Crippen LogP) is 1.78. The van der Waals surface area contributed by atoms with Crippen LogP contribution in [0, 0.1) is 0 Å². The van der Waals surface area contributed by atoms with Gasteiger partial charge in [-0.15, -0.1) is 0 Å². The fourth-order valence-electron chi connectivity index (χ4n) is 1.92. The minimum atomic E-state index is -4.47. The minimum absolute atomic E-state index is 0.000516. The molecule has 2 heterocycles. The fourth-order valence-corrected chi connectivity index (χ4v) is 1.92. The van der Waals surface area contributed by atoms with Crippen molar-refractivity contribution < 1.29 is 22.7 Å². The van der Waals surface area contributed by atoms with Crippen molar-refractivity contribution in [2.45, 2.75) is 25.6 Å². The highest BCUT2D eigenvalue weighted by Crippen LogP contribution is 2.29. The van der Waals surface area contributed by atoms with Crippen LogP contribution in [0.15, 0.2) is 35.3 Å². The summed E-state index contributed by atoms with van der Waals surface area (Å²) in [4.78, 5) is 27.1. The van der Waals surface area contributed by atoms with Crippen LogP contribution in [0.3, 0.4) is 0 Å². The summed E-state index contributed by atoms with van der Waals surface area (Å²) < 4.78 is 43.9. The Labute approximate surface area is 146 Å². The van der Waals surface area contributed by atoms with Crippen molar-refractivity contribution in [3.05, 3.63) is 52.1 Å². The average Bonchev–Trinajstić information content (AvgIpc) is 2.54. The van der Waals surface area contributed by atoms with E-state index in [0.29, 0.717) is 6.20 Å². The summed E-state index contributed by atoms with van der Waals surface area (Å²) in [6.45, 7) is 3.29. The Kier molecular flexibility index (Phi) is 5.33. The van der Waals surface area contributed by atoms with E-state index in [9.17, 15) is 22.8 Å². The van der Waals surface area contributed by atoms with Gasteiger partial charge in [0.25, 0.3) is 11.5 Å². The second-order valence-corrected chi connectivity index (χ2v) is 6.19. The molecule has 0 fully saturated rings. The topological polar surface area (TPSA) is 86.1 Å².